The molecule has 18 heteroatoms. The average Bonchev–Trinajstić information content (AvgIpc) is 2.95. The van der Waals surface area contributed by atoms with Crippen molar-refractivity contribution in [3.05, 3.63) is 65.7 Å². The minimum absolute atomic E-state index is 0.0284. The molecule has 0 radical (unpaired) electrons. The van der Waals surface area contributed by atoms with Crippen molar-refractivity contribution < 1.29 is 44.6 Å². The van der Waals surface area contributed by atoms with Crippen LogP contribution in [0.25, 0.3) is 10.8 Å². The van der Waals surface area contributed by atoms with E-state index in [2.05, 4.69) is 25.8 Å². The number of phenolic OH excluding ortho intramolecular Hbond substituents is 2. The van der Waals surface area contributed by atoms with E-state index in [1.54, 1.807) is 6.92 Å². The molecular formula is C27H27N5O10S3. The fourth-order valence-corrected chi connectivity index (χ4v) is 6.41. The molecule has 5 N–H and O–H groups in total. The molecule has 0 fully saturated rings. The van der Waals surface area contributed by atoms with Crippen molar-refractivity contribution in [2.75, 3.05) is 16.9 Å². The number of hydrogen-bond acceptors (Lipinski definition) is 13. The van der Waals surface area contributed by atoms with Gasteiger partial charge in [0, 0.05) is 16.8 Å². The van der Waals surface area contributed by atoms with Gasteiger partial charge < -0.3 is 15.5 Å². The van der Waals surface area contributed by atoms with E-state index in [0.29, 0.717) is 11.1 Å². The first-order valence-corrected chi connectivity index (χ1v) is 17.6. The fraction of sp³-hybridized carbons (Fsp3) is 0.185. The van der Waals surface area contributed by atoms with Crippen LogP contribution in [0.3, 0.4) is 0 Å². The zero-order valence-corrected chi connectivity index (χ0v) is 26.3. The number of rotatable bonds is 10. The Labute approximate surface area is 258 Å². The molecule has 45 heavy (non-hydrogen) atoms. The molecule has 0 aliphatic heterocycles. The first-order chi connectivity index (χ1) is 20.9. The van der Waals surface area contributed by atoms with E-state index in [1.807, 2.05) is 0 Å². The Morgan fingerprint density at radius 2 is 1.33 bits per heavy atom. The highest BCUT2D eigenvalue weighted by molar-refractivity contribution is 7.91. The van der Waals surface area contributed by atoms with E-state index in [9.17, 15) is 44.6 Å². The van der Waals surface area contributed by atoms with Crippen molar-refractivity contribution >= 4 is 69.3 Å². The van der Waals surface area contributed by atoms with Crippen molar-refractivity contribution in [2.45, 2.75) is 30.6 Å². The van der Waals surface area contributed by atoms with E-state index in [1.165, 1.54) is 62.4 Å². The molecule has 0 bridgehead atoms. The first kappa shape index (κ1) is 33.4. The second-order valence-electron chi connectivity index (χ2n) is 9.75. The van der Waals surface area contributed by atoms with E-state index in [0.717, 1.165) is 6.07 Å². The van der Waals surface area contributed by atoms with Gasteiger partial charge in [-0.3, -0.25) is 9.11 Å². The van der Waals surface area contributed by atoms with Gasteiger partial charge >= 0.3 is 0 Å². The van der Waals surface area contributed by atoms with Crippen LogP contribution in [0.5, 0.6) is 11.5 Å². The molecule has 4 aromatic rings. The number of anilines is 1. The molecule has 0 heterocycles. The molecule has 0 aromatic heterocycles. The van der Waals surface area contributed by atoms with Gasteiger partial charge in [0.2, 0.25) is 0 Å². The number of fused-ring (bicyclic) bond motifs is 1. The number of nitrogens with one attached hydrogen (secondary N) is 1. The van der Waals surface area contributed by atoms with Gasteiger partial charge in [0.1, 0.15) is 39.3 Å². The van der Waals surface area contributed by atoms with Crippen LogP contribution >= 0.6 is 0 Å². The molecular weight excluding hydrogens is 651 g/mol. The Morgan fingerprint density at radius 1 is 0.711 bits per heavy atom. The lowest BCUT2D eigenvalue weighted by molar-refractivity contribution is 0.473. The Balaban J connectivity index is 1.83. The lowest BCUT2D eigenvalue weighted by Crippen LogP contribution is -2.13. The molecule has 0 spiro atoms. The standard InChI is InChI=1S/C27H27N5O10S3/c1-4-43(35,36)24-13-23(33)22(12-16(24)3)31-30-21-10-6-17-18(27(21)34)7-9-20(28-14-44(37,38)39)26(17)32-29-19-8-5-15(2)11-25(19)45(40,41)42/h5-13,28,33-34H,4,14H2,1-3H3,(H,37,38,39)(H,40,41,42)/b31-30+,32-29+. The summed E-state index contributed by atoms with van der Waals surface area (Å²) in [7, 11) is -12.8. The zero-order chi connectivity index (χ0) is 33.3. The first-order valence-electron chi connectivity index (χ1n) is 12.9. The van der Waals surface area contributed by atoms with Crippen LogP contribution in [0.15, 0.2) is 84.8 Å². The van der Waals surface area contributed by atoms with Gasteiger partial charge in [0.15, 0.2) is 15.6 Å². The van der Waals surface area contributed by atoms with Gasteiger partial charge in [-0.05, 0) is 67.4 Å². The van der Waals surface area contributed by atoms with Crippen LogP contribution in [-0.2, 0) is 30.1 Å². The molecule has 238 valence electrons. The van der Waals surface area contributed by atoms with Gasteiger partial charge in [-0.1, -0.05) is 13.0 Å². The third kappa shape index (κ3) is 7.60. The summed E-state index contributed by atoms with van der Waals surface area (Å²) in [4.78, 5) is -0.576. The number of hydrogen-bond donors (Lipinski definition) is 5. The predicted octanol–water partition coefficient (Wildman–Crippen LogP) is 6.00. The average molecular weight is 678 g/mol. The topological polar surface area (TPSA) is 245 Å². The number of aryl methyl sites for hydroxylation is 2. The summed E-state index contributed by atoms with van der Waals surface area (Å²) in [5.41, 5.74) is 0.436. The van der Waals surface area contributed by atoms with Crippen LogP contribution in [0.2, 0.25) is 0 Å². The molecule has 0 atom stereocenters. The zero-order valence-electron chi connectivity index (χ0n) is 23.9. The van der Waals surface area contributed by atoms with Crippen LogP contribution in [0, 0.1) is 13.8 Å². The number of nitrogens with zero attached hydrogens (tertiary/aromatic N) is 4. The molecule has 4 aromatic carbocycles. The van der Waals surface area contributed by atoms with E-state index in [4.69, 9.17) is 0 Å². The Hall–Kier alpha value is -4.49. The quantitative estimate of drug-likeness (QED) is 0.0962. The summed E-state index contributed by atoms with van der Waals surface area (Å²) in [5.74, 6) is -1.94. The third-order valence-corrected chi connectivity index (χ3v) is 9.73. The summed E-state index contributed by atoms with van der Waals surface area (Å²) in [5, 5.41) is 40.2. The molecule has 4 rings (SSSR count). The summed E-state index contributed by atoms with van der Waals surface area (Å²) in [6.45, 7) is 4.61. The van der Waals surface area contributed by atoms with Crippen LogP contribution in [-0.4, -0.2) is 56.2 Å². The van der Waals surface area contributed by atoms with Crippen molar-refractivity contribution in [3.63, 3.8) is 0 Å². The summed E-state index contributed by atoms with van der Waals surface area (Å²) in [6.07, 6.45) is 0. The predicted molar refractivity (Wildman–Crippen MR) is 166 cm³/mol. The van der Waals surface area contributed by atoms with Crippen molar-refractivity contribution in [3.8, 4) is 11.5 Å². The minimum Gasteiger partial charge on any atom is -0.506 e. The SMILES string of the molecule is CCS(=O)(=O)c1cc(O)c(/N=N/c2ccc3c(/N=N/c4ccc(C)cc4S(=O)(=O)O)c(NCS(=O)(=O)O)ccc3c2O)cc1C. The second kappa shape index (κ2) is 12.5. The van der Waals surface area contributed by atoms with Gasteiger partial charge in [-0.25, -0.2) is 8.42 Å². The van der Waals surface area contributed by atoms with Crippen molar-refractivity contribution in [2.24, 2.45) is 20.5 Å². The lowest BCUT2D eigenvalue weighted by atomic mass is 10.1. The normalized spacial score (nSPS) is 12.8. The fourth-order valence-electron chi connectivity index (χ4n) is 4.22. The van der Waals surface area contributed by atoms with Crippen LogP contribution in [0.1, 0.15) is 18.1 Å². The Kier molecular flexibility index (Phi) is 9.27. The molecule has 0 amide bonds. The monoisotopic (exact) mass is 677 g/mol. The van der Waals surface area contributed by atoms with Crippen molar-refractivity contribution in [1.82, 2.24) is 0 Å². The maximum atomic E-state index is 12.3. The molecule has 0 unspecified atom stereocenters. The number of phenols is 2. The highest BCUT2D eigenvalue weighted by Crippen LogP contribution is 2.44. The summed E-state index contributed by atoms with van der Waals surface area (Å²) in [6, 6.07) is 11.9. The molecule has 15 nitrogen and oxygen atoms in total. The summed E-state index contributed by atoms with van der Waals surface area (Å²) < 4.78 is 90.1. The largest absolute Gasteiger partial charge is 0.506 e. The molecule has 0 saturated heterocycles. The number of sulfone groups is 1. The number of azo groups is 2. The van der Waals surface area contributed by atoms with Gasteiger partial charge in [-0.15, -0.1) is 20.5 Å². The molecule has 0 aliphatic rings. The lowest BCUT2D eigenvalue weighted by Gasteiger charge is -2.12. The number of aromatic hydroxyl groups is 2. The third-order valence-electron chi connectivity index (χ3n) is 6.47. The summed E-state index contributed by atoms with van der Waals surface area (Å²) >= 11 is 0. The van der Waals surface area contributed by atoms with Crippen molar-refractivity contribution in [1.29, 1.82) is 0 Å². The maximum absolute atomic E-state index is 12.3. The minimum atomic E-state index is -4.69. The molecule has 0 aliphatic carbocycles. The molecule has 0 saturated carbocycles. The van der Waals surface area contributed by atoms with Crippen LogP contribution in [0.4, 0.5) is 28.4 Å². The maximum Gasteiger partial charge on any atom is 0.296 e. The van der Waals surface area contributed by atoms with E-state index >= 15 is 0 Å². The van der Waals surface area contributed by atoms with Gasteiger partial charge in [0.05, 0.1) is 16.3 Å². The Bertz CT molecular complexity index is 2220. The van der Waals surface area contributed by atoms with E-state index in [-0.39, 0.29) is 49.9 Å². The smallest absolute Gasteiger partial charge is 0.296 e. The second-order valence-corrected chi connectivity index (χ2v) is 14.8. The van der Waals surface area contributed by atoms with Crippen LogP contribution < -0.4 is 5.32 Å². The van der Waals surface area contributed by atoms with Gasteiger partial charge in [-0.2, -0.15) is 16.8 Å². The van der Waals surface area contributed by atoms with E-state index < -0.39 is 52.3 Å². The highest BCUT2D eigenvalue weighted by Gasteiger charge is 2.20. The Morgan fingerprint density at radius 3 is 1.98 bits per heavy atom. The van der Waals surface area contributed by atoms with Gasteiger partial charge in [0.25, 0.3) is 20.2 Å². The highest BCUT2D eigenvalue weighted by atomic mass is 32.2. The number of benzene rings is 4.